The van der Waals surface area contributed by atoms with Gasteiger partial charge in [-0.15, -0.1) is 0 Å². The van der Waals surface area contributed by atoms with Gasteiger partial charge in [0.05, 0.1) is 7.11 Å². The van der Waals surface area contributed by atoms with E-state index >= 15 is 0 Å². The Morgan fingerprint density at radius 3 is 2.50 bits per heavy atom. The molecule has 0 saturated heterocycles. The number of likely N-dealkylation sites (N-methyl/N-ethyl adjacent to an activating group) is 1. The van der Waals surface area contributed by atoms with Gasteiger partial charge in [-0.3, -0.25) is 0 Å². The van der Waals surface area contributed by atoms with Gasteiger partial charge in [-0.1, -0.05) is 50.8 Å². The number of rotatable bonds is 6. The molecule has 0 radical (unpaired) electrons. The van der Waals surface area contributed by atoms with Gasteiger partial charge in [-0.2, -0.15) is 0 Å². The van der Waals surface area contributed by atoms with Gasteiger partial charge in [0.15, 0.2) is 0 Å². The van der Waals surface area contributed by atoms with Crippen LogP contribution < -0.4 is 10.1 Å². The summed E-state index contributed by atoms with van der Waals surface area (Å²) in [6.07, 6.45) is 9.49. The molecule has 1 aromatic rings. The third-order valence-electron chi connectivity index (χ3n) is 4.57. The van der Waals surface area contributed by atoms with E-state index in [2.05, 4.69) is 36.5 Å². The molecule has 1 aromatic carbocycles. The molecule has 1 aliphatic carbocycles. The van der Waals surface area contributed by atoms with Crippen LogP contribution in [0.2, 0.25) is 0 Å². The molecule has 0 aliphatic heterocycles. The third kappa shape index (κ3) is 4.24. The maximum Gasteiger partial charge on any atom is 0.122 e. The molecule has 1 atom stereocenters. The first-order valence-electron chi connectivity index (χ1n) is 8.20. The molecule has 1 saturated carbocycles. The number of benzene rings is 1. The zero-order valence-electron chi connectivity index (χ0n) is 13.0. The first-order valence-corrected chi connectivity index (χ1v) is 8.20. The van der Waals surface area contributed by atoms with Crippen molar-refractivity contribution in [2.75, 3.05) is 13.7 Å². The number of hydrogen-bond acceptors (Lipinski definition) is 2. The number of nitrogens with one attached hydrogen (secondary N) is 1. The van der Waals surface area contributed by atoms with Crippen LogP contribution in [0.4, 0.5) is 0 Å². The van der Waals surface area contributed by atoms with Crippen LogP contribution in [-0.2, 0) is 6.42 Å². The van der Waals surface area contributed by atoms with Crippen LogP contribution in [0.1, 0.15) is 51.0 Å². The second kappa shape index (κ2) is 8.31. The van der Waals surface area contributed by atoms with Gasteiger partial charge in [0, 0.05) is 6.04 Å². The molecule has 0 amide bonds. The summed E-state index contributed by atoms with van der Waals surface area (Å²) in [7, 11) is 1.77. The van der Waals surface area contributed by atoms with Gasteiger partial charge >= 0.3 is 0 Å². The van der Waals surface area contributed by atoms with Crippen LogP contribution in [0.25, 0.3) is 0 Å². The molecule has 1 aliphatic rings. The Bertz CT molecular complexity index is 383. The number of hydrogen-bond donors (Lipinski definition) is 1. The minimum absolute atomic E-state index is 0.592. The Morgan fingerprint density at radius 1 is 1.15 bits per heavy atom. The highest BCUT2D eigenvalue weighted by atomic mass is 16.5. The monoisotopic (exact) mass is 275 g/mol. The van der Waals surface area contributed by atoms with Crippen LogP contribution in [-0.4, -0.2) is 19.7 Å². The van der Waals surface area contributed by atoms with Crippen LogP contribution in [0, 0.1) is 5.92 Å². The Kier molecular flexibility index (Phi) is 6.38. The molecule has 112 valence electrons. The Morgan fingerprint density at radius 2 is 1.85 bits per heavy atom. The van der Waals surface area contributed by atoms with E-state index in [1.807, 2.05) is 0 Å². The van der Waals surface area contributed by atoms with Crippen molar-refractivity contribution >= 4 is 0 Å². The lowest BCUT2D eigenvalue weighted by Crippen LogP contribution is -2.38. The predicted octanol–water partition coefficient (Wildman–Crippen LogP) is 4.19. The lowest BCUT2D eigenvalue weighted by atomic mass is 9.87. The Hall–Kier alpha value is -1.02. The number of methoxy groups -OCH3 is 1. The highest BCUT2D eigenvalue weighted by Crippen LogP contribution is 2.29. The van der Waals surface area contributed by atoms with Crippen molar-refractivity contribution in [2.45, 2.75) is 57.9 Å². The van der Waals surface area contributed by atoms with Crippen molar-refractivity contribution in [3.8, 4) is 5.75 Å². The minimum Gasteiger partial charge on any atom is -0.496 e. The molecule has 0 spiro atoms. The van der Waals surface area contributed by atoms with Gasteiger partial charge in [-0.25, -0.2) is 0 Å². The lowest BCUT2D eigenvalue weighted by molar-refractivity contribution is 0.317. The Labute approximate surface area is 123 Å². The van der Waals surface area contributed by atoms with Crippen LogP contribution in [0.15, 0.2) is 24.3 Å². The third-order valence-corrected chi connectivity index (χ3v) is 4.57. The summed E-state index contributed by atoms with van der Waals surface area (Å²) in [5, 5.41) is 3.72. The summed E-state index contributed by atoms with van der Waals surface area (Å²) in [5.41, 5.74) is 1.34. The highest BCUT2D eigenvalue weighted by molar-refractivity contribution is 5.34. The molecule has 1 unspecified atom stereocenters. The molecule has 1 N–H and O–H groups in total. The predicted molar refractivity (Wildman–Crippen MR) is 85.4 cm³/mol. The van der Waals surface area contributed by atoms with E-state index in [9.17, 15) is 0 Å². The largest absolute Gasteiger partial charge is 0.496 e. The zero-order valence-corrected chi connectivity index (χ0v) is 13.0. The minimum atomic E-state index is 0.592. The molecule has 2 heteroatoms. The zero-order chi connectivity index (χ0) is 14.2. The number of ether oxygens (including phenoxy) is 1. The van der Waals surface area contributed by atoms with Crippen molar-refractivity contribution in [1.82, 2.24) is 5.32 Å². The molecule has 2 nitrogen and oxygen atoms in total. The average molecular weight is 275 g/mol. The molecule has 1 fully saturated rings. The number of para-hydroxylation sites is 1. The van der Waals surface area contributed by atoms with Gasteiger partial charge in [0.1, 0.15) is 5.75 Å². The smallest absolute Gasteiger partial charge is 0.122 e. The first kappa shape index (κ1) is 15.4. The standard InChI is InChI=1S/C18H29NO/c1-3-19-17(15-10-6-4-5-7-11-15)14-16-12-8-9-13-18(16)20-2/h8-9,12-13,15,17,19H,3-7,10-11,14H2,1-2H3. The Balaban J connectivity index is 2.07. The van der Waals surface area contributed by atoms with E-state index in [0.717, 1.165) is 24.6 Å². The molecule has 2 rings (SSSR count). The first-order chi connectivity index (χ1) is 9.85. The van der Waals surface area contributed by atoms with E-state index in [4.69, 9.17) is 4.74 Å². The van der Waals surface area contributed by atoms with Gasteiger partial charge in [0.2, 0.25) is 0 Å². The van der Waals surface area contributed by atoms with Crippen LogP contribution >= 0.6 is 0 Å². The van der Waals surface area contributed by atoms with E-state index in [0.29, 0.717) is 6.04 Å². The summed E-state index contributed by atoms with van der Waals surface area (Å²) in [4.78, 5) is 0. The second-order valence-electron chi connectivity index (χ2n) is 5.93. The van der Waals surface area contributed by atoms with Crippen molar-refractivity contribution in [3.63, 3.8) is 0 Å². The maximum absolute atomic E-state index is 5.51. The van der Waals surface area contributed by atoms with Crippen molar-refractivity contribution in [2.24, 2.45) is 5.92 Å². The maximum atomic E-state index is 5.51. The normalized spacial score (nSPS) is 18.5. The summed E-state index contributed by atoms with van der Waals surface area (Å²) in [6.45, 7) is 3.27. The summed E-state index contributed by atoms with van der Waals surface area (Å²) in [5.74, 6) is 1.85. The van der Waals surface area contributed by atoms with Gasteiger partial charge in [-0.05, 0) is 43.4 Å². The van der Waals surface area contributed by atoms with Crippen molar-refractivity contribution in [1.29, 1.82) is 0 Å². The van der Waals surface area contributed by atoms with E-state index in [-0.39, 0.29) is 0 Å². The topological polar surface area (TPSA) is 21.3 Å². The lowest BCUT2D eigenvalue weighted by Gasteiger charge is -2.27. The van der Waals surface area contributed by atoms with Crippen molar-refractivity contribution < 1.29 is 4.74 Å². The van der Waals surface area contributed by atoms with E-state index < -0.39 is 0 Å². The van der Waals surface area contributed by atoms with E-state index in [1.54, 1.807) is 7.11 Å². The van der Waals surface area contributed by atoms with Gasteiger partial charge in [0.25, 0.3) is 0 Å². The van der Waals surface area contributed by atoms with Crippen molar-refractivity contribution in [3.05, 3.63) is 29.8 Å². The molecule has 0 bridgehead atoms. The molecular weight excluding hydrogens is 246 g/mol. The fourth-order valence-corrected chi connectivity index (χ4v) is 3.49. The molecule has 0 heterocycles. The summed E-state index contributed by atoms with van der Waals surface area (Å²) in [6, 6.07) is 9.05. The van der Waals surface area contributed by atoms with Gasteiger partial charge < -0.3 is 10.1 Å². The van der Waals surface area contributed by atoms with Crippen LogP contribution in [0.5, 0.6) is 5.75 Å². The highest BCUT2D eigenvalue weighted by Gasteiger charge is 2.23. The van der Waals surface area contributed by atoms with Crippen LogP contribution in [0.3, 0.4) is 0 Å². The quantitative estimate of drug-likeness (QED) is 0.786. The summed E-state index contributed by atoms with van der Waals surface area (Å²) < 4.78 is 5.51. The molecular formula is C18H29NO. The van der Waals surface area contributed by atoms with E-state index in [1.165, 1.54) is 44.1 Å². The molecule has 0 aromatic heterocycles. The SMILES string of the molecule is CCNC(Cc1ccccc1OC)C1CCCCCC1. The average Bonchev–Trinajstić information content (AvgIpc) is 2.76. The fraction of sp³-hybridized carbons (Fsp3) is 0.667. The second-order valence-corrected chi connectivity index (χ2v) is 5.93. The molecule has 20 heavy (non-hydrogen) atoms. The summed E-state index contributed by atoms with van der Waals surface area (Å²) >= 11 is 0. The fourth-order valence-electron chi connectivity index (χ4n) is 3.49.